The summed E-state index contributed by atoms with van der Waals surface area (Å²) in [7, 11) is 0. The zero-order chi connectivity index (χ0) is 15.3. The molecule has 0 aliphatic heterocycles. The van der Waals surface area contributed by atoms with Gasteiger partial charge in [-0.2, -0.15) is 0 Å². The fourth-order valence-corrected chi connectivity index (χ4v) is 2.43. The molecule has 2 aromatic rings. The van der Waals surface area contributed by atoms with Gasteiger partial charge >= 0.3 is 0 Å². The van der Waals surface area contributed by atoms with Crippen LogP contribution in [0.15, 0.2) is 54.6 Å². The van der Waals surface area contributed by atoms with Crippen molar-refractivity contribution in [1.82, 2.24) is 5.32 Å². The van der Waals surface area contributed by atoms with E-state index in [-0.39, 0.29) is 5.75 Å². The quantitative estimate of drug-likeness (QED) is 0.761. The maximum atomic E-state index is 12.1. The van der Waals surface area contributed by atoms with E-state index in [1.807, 2.05) is 37.3 Å². The van der Waals surface area contributed by atoms with Gasteiger partial charge in [0.25, 0.3) is 0 Å². The molecule has 1 unspecified atom stereocenters. The number of hydrogen-bond acceptors (Lipinski definition) is 3. The van der Waals surface area contributed by atoms with Crippen molar-refractivity contribution in [3.8, 4) is 5.75 Å². The third kappa shape index (κ3) is 3.23. The van der Waals surface area contributed by atoms with Gasteiger partial charge in [0.2, 0.25) is 5.91 Å². The van der Waals surface area contributed by atoms with Crippen molar-refractivity contribution in [1.29, 1.82) is 0 Å². The Morgan fingerprint density at radius 3 is 2.29 bits per heavy atom. The fourth-order valence-electron chi connectivity index (χ4n) is 2.43. The summed E-state index contributed by atoms with van der Waals surface area (Å²) < 4.78 is 0. The third-order valence-corrected chi connectivity index (χ3v) is 3.75. The summed E-state index contributed by atoms with van der Waals surface area (Å²) in [5.41, 5.74) is 6.55. The van der Waals surface area contributed by atoms with E-state index in [2.05, 4.69) is 5.32 Å². The van der Waals surface area contributed by atoms with Crippen LogP contribution in [0.5, 0.6) is 5.75 Å². The number of phenols is 1. The van der Waals surface area contributed by atoms with Crippen LogP contribution in [-0.2, 0) is 16.9 Å². The lowest BCUT2D eigenvalue weighted by Gasteiger charge is -2.31. The van der Waals surface area contributed by atoms with Crippen LogP contribution in [-0.4, -0.2) is 11.0 Å². The molecular weight excluding hydrogens is 264 g/mol. The van der Waals surface area contributed by atoms with Crippen LogP contribution in [0, 0.1) is 0 Å². The Morgan fingerprint density at radius 2 is 1.76 bits per heavy atom. The van der Waals surface area contributed by atoms with Crippen LogP contribution >= 0.6 is 0 Å². The second-order valence-corrected chi connectivity index (χ2v) is 5.01. The Bertz CT molecular complexity index is 596. The molecule has 0 bridgehead atoms. The smallest absolute Gasteiger partial charge is 0.242 e. The van der Waals surface area contributed by atoms with E-state index >= 15 is 0 Å². The highest BCUT2D eigenvalue weighted by Gasteiger charge is 2.36. The normalized spacial score (nSPS) is 13.6. The van der Waals surface area contributed by atoms with E-state index in [1.54, 1.807) is 24.3 Å². The predicted molar refractivity (Wildman–Crippen MR) is 82.6 cm³/mol. The van der Waals surface area contributed by atoms with Crippen molar-refractivity contribution in [2.45, 2.75) is 25.4 Å². The first-order valence-electron chi connectivity index (χ1n) is 6.97. The molecule has 0 aromatic heterocycles. The molecule has 0 spiro atoms. The average Bonchev–Trinajstić information content (AvgIpc) is 2.50. The van der Waals surface area contributed by atoms with Crippen LogP contribution in [0.2, 0.25) is 0 Å². The molecule has 1 amide bonds. The number of primary amides is 1. The molecule has 0 heterocycles. The zero-order valence-corrected chi connectivity index (χ0v) is 12.0. The number of carbonyl (C=O) groups is 1. The second kappa shape index (κ2) is 6.41. The minimum atomic E-state index is -0.941. The minimum absolute atomic E-state index is 0.163. The molecule has 0 saturated heterocycles. The van der Waals surface area contributed by atoms with Gasteiger partial charge < -0.3 is 10.8 Å². The molecule has 0 aliphatic rings. The predicted octanol–water partition coefficient (Wildman–Crippen LogP) is 2.27. The SMILES string of the molecule is CCC(NCc1ccccc1)(C(N)=O)c1ccc(O)cc1. The van der Waals surface area contributed by atoms with E-state index in [1.165, 1.54) is 0 Å². The van der Waals surface area contributed by atoms with Crippen LogP contribution in [0.25, 0.3) is 0 Å². The molecule has 21 heavy (non-hydrogen) atoms. The van der Waals surface area contributed by atoms with Gasteiger partial charge in [-0.3, -0.25) is 10.1 Å². The standard InChI is InChI=1S/C17H20N2O2/c1-2-17(16(18)21,14-8-10-15(20)11-9-14)19-12-13-6-4-3-5-7-13/h3-11,19-20H,2,12H2,1H3,(H2,18,21). The maximum absolute atomic E-state index is 12.1. The zero-order valence-electron chi connectivity index (χ0n) is 12.0. The lowest BCUT2D eigenvalue weighted by atomic mass is 9.86. The van der Waals surface area contributed by atoms with Gasteiger partial charge in [0.1, 0.15) is 11.3 Å². The first kappa shape index (κ1) is 15.1. The van der Waals surface area contributed by atoms with Crippen molar-refractivity contribution >= 4 is 5.91 Å². The van der Waals surface area contributed by atoms with Gasteiger partial charge in [-0.05, 0) is 29.7 Å². The van der Waals surface area contributed by atoms with Crippen LogP contribution < -0.4 is 11.1 Å². The molecule has 1 atom stereocenters. The number of nitrogens with two attached hydrogens (primary N) is 1. The van der Waals surface area contributed by atoms with Crippen LogP contribution in [0.4, 0.5) is 0 Å². The molecule has 110 valence electrons. The van der Waals surface area contributed by atoms with Crippen molar-refractivity contribution in [3.05, 3.63) is 65.7 Å². The van der Waals surface area contributed by atoms with Gasteiger partial charge in [0.15, 0.2) is 0 Å². The Morgan fingerprint density at radius 1 is 1.14 bits per heavy atom. The van der Waals surface area contributed by atoms with Gasteiger partial charge in [-0.25, -0.2) is 0 Å². The highest BCUT2D eigenvalue weighted by Crippen LogP contribution is 2.27. The van der Waals surface area contributed by atoms with Gasteiger partial charge in [0.05, 0.1) is 0 Å². The number of nitrogens with one attached hydrogen (secondary N) is 1. The maximum Gasteiger partial charge on any atom is 0.242 e. The van der Waals surface area contributed by atoms with E-state index < -0.39 is 11.4 Å². The minimum Gasteiger partial charge on any atom is -0.508 e. The average molecular weight is 284 g/mol. The highest BCUT2D eigenvalue weighted by atomic mass is 16.3. The Hall–Kier alpha value is -2.33. The summed E-state index contributed by atoms with van der Waals surface area (Å²) in [6.45, 7) is 2.45. The Kier molecular flexibility index (Phi) is 4.60. The molecule has 0 saturated carbocycles. The van der Waals surface area contributed by atoms with E-state index in [0.29, 0.717) is 13.0 Å². The van der Waals surface area contributed by atoms with Crippen LogP contribution in [0.3, 0.4) is 0 Å². The van der Waals surface area contributed by atoms with E-state index in [9.17, 15) is 9.90 Å². The number of aromatic hydroxyl groups is 1. The molecule has 2 aromatic carbocycles. The van der Waals surface area contributed by atoms with Crippen molar-refractivity contribution < 1.29 is 9.90 Å². The molecule has 4 nitrogen and oxygen atoms in total. The monoisotopic (exact) mass is 284 g/mol. The van der Waals surface area contributed by atoms with Gasteiger partial charge in [-0.15, -0.1) is 0 Å². The first-order chi connectivity index (χ1) is 10.1. The number of carbonyl (C=O) groups excluding carboxylic acids is 1. The summed E-state index contributed by atoms with van der Waals surface area (Å²) in [4.78, 5) is 12.1. The topological polar surface area (TPSA) is 75.3 Å². The summed E-state index contributed by atoms with van der Waals surface area (Å²) >= 11 is 0. The van der Waals surface area contributed by atoms with Gasteiger partial charge in [0, 0.05) is 6.54 Å². The highest BCUT2D eigenvalue weighted by molar-refractivity contribution is 5.86. The van der Waals surface area contributed by atoms with Crippen molar-refractivity contribution in [2.75, 3.05) is 0 Å². The summed E-state index contributed by atoms with van der Waals surface area (Å²) in [5.74, 6) is -0.261. The lowest BCUT2D eigenvalue weighted by Crippen LogP contribution is -2.52. The number of amides is 1. The first-order valence-corrected chi connectivity index (χ1v) is 6.97. The summed E-state index contributed by atoms with van der Waals surface area (Å²) in [6.07, 6.45) is 0.528. The molecule has 4 heteroatoms. The molecule has 0 aliphatic carbocycles. The van der Waals surface area contributed by atoms with Gasteiger partial charge in [-0.1, -0.05) is 49.4 Å². The molecule has 0 fully saturated rings. The Balaban J connectivity index is 2.29. The molecular formula is C17H20N2O2. The molecule has 2 rings (SSSR count). The van der Waals surface area contributed by atoms with E-state index in [0.717, 1.165) is 11.1 Å². The van der Waals surface area contributed by atoms with Crippen LogP contribution in [0.1, 0.15) is 24.5 Å². The Labute approximate surface area is 124 Å². The fraction of sp³-hybridized carbons (Fsp3) is 0.235. The van der Waals surface area contributed by atoms with Crippen molar-refractivity contribution in [3.63, 3.8) is 0 Å². The molecule has 0 radical (unpaired) electrons. The molecule has 4 N–H and O–H groups in total. The number of rotatable bonds is 6. The summed E-state index contributed by atoms with van der Waals surface area (Å²) in [5, 5.41) is 12.7. The number of benzene rings is 2. The largest absolute Gasteiger partial charge is 0.508 e. The number of phenolic OH excluding ortho intramolecular Hbond substituents is 1. The second-order valence-electron chi connectivity index (χ2n) is 5.01. The summed E-state index contributed by atoms with van der Waals surface area (Å²) in [6, 6.07) is 16.4. The lowest BCUT2D eigenvalue weighted by molar-refractivity contribution is -0.125. The third-order valence-electron chi connectivity index (χ3n) is 3.75. The van der Waals surface area contributed by atoms with Crippen molar-refractivity contribution in [2.24, 2.45) is 5.73 Å². The van der Waals surface area contributed by atoms with E-state index in [4.69, 9.17) is 5.73 Å². The number of hydrogen-bond donors (Lipinski definition) is 3.